The molecule has 3 aromatic rings. The lowest BCUT2D eigenvalue weighted by atomic mass is 10.0. The second kappa shape index (κ2) is 10.3. The highest BCUT2D eigenvalue weighted by Crippen LogP contribution is 2.23. The molecule has 0 bridgehead atoms. The molecule has 0 spiro atoms. The third-order valence-electron chi connectivity index (χ3n) is 4.64. The van der Waals surface area contributed by atoms with E-state index in [1.807, 2.05) is 55.5 Å². The van der Waals surface area contributed by atoms with E-state index < -0.39 is 23.7 Å². The van der Waals surface area contributed by atoms with Crippen molar-refractivity contribution in [2.24, 2.45) is 0 Å². The first-order chi connectivity index (χ1) is 15.6. The van der Waals surface area contributed by atoms with Crippen molar-refractivity contribution in [3.05, 3.63) is 59.7 Å². The van der Waals surface area contributed by atoms with Gasteiger partial charge in [0.05, 0.1) is 6.61 Å². The molecule has 0 radical (unpaired) electrons. The minimum absolute atomic E-state index is 0.214. The number of ether oxygens (including phenoxy) is 2. The minimum atomic E-state index is -0.871. The van der Waals surface area contributed by atoms with E-state index in [-0.39, 0.29) is 13.0 Å². The van der Waals surface area contributed by atoms with E-state index in [1.54, 1.807) is 27.7 Å². The topological polar surface area (TPSA) is 104 Å². The van der Waals surface area contributed by atoms with Crippen LogP contribution in [0.1, 0.15) is 38.8 Å². The standard InChI is InChI=1S/C25H29N3O5/c1-6-31-23(29)20(26-24(30)32-25(3,4)5)15-17-9-13-18(14-10-17)21-27-22(33-28-21)19-11-7-16(2)8-12-19/h7-14,20H,6,15H2,1-5H3,(H,26,30)/t20-/m0/s1. The van der Waals surface area contributed by atoms with Crippen LogP contribution < -0.4 is 5.32 Å². The summed E-state index contributed by atoms with van der Waals surface area (Å²) in [4.78, 5) is 29.0. The Balaban J connectivity index is 1.71. The van der Waals surface area contributed by atoms with Crippen LogP contribution in [-0.4, -0.2) is 40.5 Å². The van der Waals surface area contributed by atoms with E-state index in [2.05, 4.69) is 15.5 Å². The Morgan fingerprint density at radius 1 is 1.03 bits per heavy atom. The van der Waals surface area contributed by atoms with Crippen LogP contribution in [0.5, 0.6) is 0 Å². The third kappa shape index (κ3) is 6.90. The third-order valence-corrected chi connectivity index (χ3v) is 4.64. The van der Waals surface area contributed by atoms with Gasteiger partial charge in [0.1, 0.15) is 11.6 Å². The van der Waals surface area contributed by atoms with Gasteiger partial charge in [0.2, 0.25) is 5.82 Å². The molecule has 1 aromatic heterocycles. The van der Waals surface area contributed by atoms with Crippen LogP contribution in [0.3, 0.4) is 0 Å². The summed E-state index contributed by atoms with van der Waals surface area (Å²) in [5, 5.41) is 6.67. The van der Waals surface area contributed by atoms with Gasteiger partial charge in [0.15, 0.2) is 0 Å². The van der Waals surface area contributed by atoms with Crippen LogP contribution in [0, 0.1) is 6.92 Å². The first-order valence-corrected chi connectivity index (χ1v) is 10.8. The Hall–Kier alpha value is -3.68. The van der Waals surface area contributed by atoms with Crippen LogP contribution >= 0.6 is 0 Å². The fourth-order valence-corrected chi connectivity index (χ4v) is 3.07. The Bertz CT molecular complexity index is 1080. The predicted octanol–water partition coefficient (Wildman–Crippen LogP) is 4.71. The van der Waals surface area contributed by atoms with Gasteiger partial charge in [0, 0.05) is 17.5 Å². The number of nitrogens with one attached hydrogen (secondary N) is 1. The molecule has 174 valence electrons. The largest absolute Gasteiger partial charge is 0.464 e. The molecule has 0 aliphatic heterocycles. The van der Waals surface area contributed by atoms with Gasteiger partial charge in [-0.1, -0.05) is 47.1 Å². The van der Waals surface area contributed by atoms with Gasteiger partial charge in [-0.15, -0.1) is 0 Å². The van der Waals surface area contributed by atoms with Crippen molar-refractivity contribution in [1.82, 2.24) is 15.5 Å². The lowest BCUT2D eigenvalue weighted by Gasteiger charge is -2.23. The number of aryl methyl sites for hydroxylation is 1. The fourth-order valence-electron chi connectivity index (χ4n) is 3.07. The quantitative estimate of drug-likeness (QED) is 0.519. The van der Waals surface area contributed by atoms with Crippen molar-refractivity contribution in [2.75, 3.05) is 6.61 Å². The second-order valence-electron chi connectivity index (χ2n) is 8.64. The van der Waals surface area contributed by atoms with Gasteiger partial charge in [-0.25, -0.2) is 9.59 Å². The van der Waals surface area contributed by atoms with Crippen LogP contribution in [0.25, 0.3) is 22.8 Å². The van der Waals surface area contributed by atoms with Gasteiger partial charge in [-0.3, -0.25) is 0 Å². The molecular weight excluding hydrogens is 422 g/mol. The van der Waals surface area contributed by atoms with Crippen molar-refractivity contribution >= 4 is 12.1 Å². The molecule has 8 heteroatoms. The molecule has 0 aliphatic carbocycles. The molecule has 1 N–H and O–H groups in total. The van der Waals surface area contributed by atoms with Crippen LogP contribution in [0.15, 0.2) is 53.1 Å². The zero-order valence-corrected chi connectivity index (χ0v) is 19.5. The number of amides is 1. The monoisotopic (exact) mass is 451 g/mol. The summed E-state index contributed by atoms with van der Waals surface area (Å²) in [7, 11) is 0. The summed E-state index contributed by atoms with van der Waals surface area (Å²) >= 11 is 0. The highest BCUT2D eigenvalue weighted by Gasteiger charge is 2.25. The molecule has 1 heterocycles. The van der Waals surface area contributed by atoms with Crippen LogP contribution in [0.4, 0.5) is 4.79 Å². The molecule has 1 amide bonds. The maximum atomic E-state index is 12.4. The van der Waals surface area contributed by atoms with Crippen LogP contribution in [0.2, 0.25) is 0 Å². The lowest BCUT2D eigenvalue weighted by Crippen LogP contribution is -2.45. The zero-order valence-electron chi connectivity index (χ0n) is 19.5. The summed E-state index contributed by atoms with van der Waals surface area (Å²) in [6, 6.07) is 14.3. The van der Waals surface area contributed by atoms with Crippen LogP contribution in [-0.2, 0) is 20.7 Å². The van der Waals surface area contributed by atoms with Gasteiger partial charge in [-0.05, 0) is 52.3 Å². The SMILES string of the molecule is CCOC(=O)[C@H](Cc1ccc(-c2noc(-c3ccc(C)cc3)n2)cc1)NC(=O)OC(C)(C)C. The van der Waals surface area contributed by atoms with E-state index >= 15 is 0 Å². The summed E-state index contributed by atoms with van der Waals surface area (Å²) in [6.45, 7) is 9.21. The van der Waals surface area contributed by atoms with Gasteiger partial charge >= 0.3 is 12.1 Å². The lowest BCUT2D eigenvalue weighted by molar-refractivity contribution is -0.145. The van der Waals surface area contributed by atoms with E-state index in [9.17, 15) is 9.59 Å². The summed E-state index contributed by atoms with van der Waals surface area (Å²) < 4.78 is 15.8. The number of alkyl carbamates (subject to hydrolysis) is 1. The predicted molar refractivity (Wildman–Crippen MR) is 123 cm³/mol. The number of carbonyl (C=O) groups excluding carboxylic acids is 2. The number of rotatable bonds is 7. The van der Waals surface area contributed by atoms with E-state index in [1.165, 1.54) is 0 Å². The van der Waals surface area contributed by atoms with Gasteiger partial charge in [0.25, 0.3) is 5.89 Å². The molecule has 8 nitrogen and oxygen atoms in total. The molecule has 0 unspecified atom stereocenters. The minimum Gasteiger partial charge on any atom is -0.464 e. The normalized spacial score (nSPS) is 12.2. The van der Waals surface area contributed by atoms with Crippen molar-refractivity contribution in [2.45, 2.75) is 52.7 Å². The number of hydrogen-bond donors (Lipinski definition) is 1. The van der Waals surface area contributed by atoms with Crippen molar-refractivity contribution in [1.29, 1.82) is 0 Å². The molecule has 0 saturated carbocycles. The summed E-state index contributed by atoms with van der Waals surface area (Å²) in [5.41, 5.74) is 2.93. The molecular formula is C25H29N3O5. The number of carbonyl (C=O) groups is 2. The molecule has 1 atom stereocenters. The summed E-state index contributed by atoms with van der Waals surface area (Å²) in [6.07, 6.45) is -0.424. The highest BCUT2D eigenvalue weighted by atomic mass is 16.6. The number of esters is 1. The molecule has 3 rings (SSSR count). The molecule has 33 heavy (non-hydrogen) atoms. The Labute approximate surface area is 193 Å². The van der Waals surface area contributed by atoms with Crippen molar-refractivity contribution < 1.29 is 23.6 Å². The van der Waals surface area contributed by atoms with E-state index in [0.29, 0.717) is 11.7 Å². The highest BCUT2D eigenvalue weighted by molar-refractivity contribution is 5.81. The Kier molecular flexibility index (Phi) is 7.48. The van der Waals surface area contributed by atoms with Gasteiger partial charge in [-0.2, -0.15) is 4.98 Å². The molecule has 2 aromatic carbocycles. The van der Waals surface area contributed by atoms with Crippen molar-refractivity contribution in [3.63, 3.8) is 0 Å². The Morgan fingerprint density at radius 2 is 1.67 bits per heavy atom. The van der Waals surface area contributed by atoms with E-state index in [0.717, 1.165) is 22.3 Å². The first kappa shape index (κ1) is 24.0. The maximum absolute atomic E-state index is 12.4. The maximum Gasteiger partial charge on any atom is 0.408 e. The van der Waals surface area contributed by atoms with Crippen molar-refractivity contribution in [3.8, 4) is 22.8 Å². The molecule has 0 saturated heterocycles. The average molecular weight is 452 g/mol. The zero-order chi connectivity index (χ0) is 24.0. The smallest absolute Gasteiger partial charge is 0.408 e. The van der Waals surface area contributed by atoms with E-state index in [4.69, 9.17) is 14.0 Å². The number of aromatic nitrogens is 2. The second-order valence-corrected chi connectivity index (χ2v) is 8.64. The molecule has 0 aliphatic rings. The fraction of sp³-hybridized carbons (Fsp3) is 0.360. The van der Waals surface area contributed by atoms with Gasteiger partial charge < -0.3 is 19.3 Å². The number of hydrogen-bond acceptors (Lipinski definition) is 7. The average Bonchev–Trinajstić information content (AvgIpc) is 3.23. The summed E-state index contributed by atoms with van der Waals surface area (Å²) in [5.74, 6) is 0.386. The molecule has 0 fully saturated rings. The number of benzene rings is 2. The first-order valence-electron chi connectivity index (χ1n) is 10.8. The Morgan fingerprint density at radius 3 is 2.27 bits per heavy atom. The number of nitrogens with zero attached hydrogens (tertiary/aromatic N) is 2.